The third kappa shape index (κ3) is 3.67. The van der Waals surface area contributed by atoms with Crippen molar-refractivity contribution < 1.29 is 4.74 Å². The molecule has 0 aromatic carbocycles. The Balaban J connectivity index is 1.83. The highest BCUT2D eigenvalue weighted by Gasteiger charge is 2.29. The predicted molar refractivity (Wildman–Crippen MR) is 71.3 cm³/mol. The van der Waals surface area contributed by atoms with Crippen molar-refractivity contribution in [1.29, 1.82) is 0 Å². The highest BCUT2D eigenvalue weighted by Crippen LogP contribution is 2.26. The van der Waals surface area contributed by atoms with Gasteiger partial charge in [0.1, 0.15) is 0 Å². The van der Waals surface area contributed by atoms with E-state index >= 15 is 0 Å². The van der Waals surface area contributed by atoms with Crippen molar-refractivity contribution >= 4 is 0 Å². The Labute approximate surface area is 106 Å². The molecule has 1 saturated carbocycles. The summed E-state index contributed by atoms with van der Waals surface area (Å²) in [6, 6.07) is 1.53. The van der Waals surface area contributed by atoms with E-state index in [9.17, 15) is 0 Å². The van der Waals surface area contributed by atoms with E-state index in [4.69, 9.17) is 4.74 Å². The summed E-state index contributed by atoms with van der Waals surface area (Å²) in [6.07, 6.45) is 8.51. The molecule has 3 unspecified atom stereocenters. The second-order valence-electron chi connectivity index (χ2n) is 5.52. The van der Waals surface area contributed by atoms with Crippen LogP contribution in [0, 0.1) is 0 Å². The predicted octanol–water partition coefficient (Wildman–Crippen LogP) is 2.02. The van der Waals surface area contributed by atoms with Gasteiger partial charge in [-0.25, -0.2) is 0 Å². The molecule has 2 aliphatic rings. The van der Waals surface area contributed by atoms with Crippen LogP contribution in [0.25, 0.3) is 0 Å². The maximum atomic E-state index is 5.80. The Bertz CT molecular complexity index is 220. The molecule has 1 N–H and O–H groups in total. The molecule has 2 rings (SSSR count). The van der Waals surface area contributed by atoms with E-state index in [1.165, 1.54) is 45.1 Å². The average Bonchev–Trinajstić information content (AvgIpc) is 2.40. The lowest BCUT2D eigenvalue weighted by molar-refractivity contribution is -0.0141. The third-order valence-corrected chi connectivity index (χ3v) is 4.38. The second-order valence-corrected chi connectivity index (χ2v) is 5.52. The van der Waals surface area contributed by atoms with Crippen molar-refractivity contribution in [1.82, 2.24) is 10.2 Å². The van der Waals surface area contributed by atoms with Crippen molar-refractivity contribution in [3.8, 4) is 0 Å². The van der Waals surface area contributed by atoms with Gasteiger partial charge in [-0.05, 0) is 52.6 Å². The van der Waals surface area contributed by atoms with E-state index in [0.717, 1.165) is 25.2 Å². The summed E-state index contributed by atoms with van der Waals surface area (Å²) >= 11 is 0. The van der Waals surface area contributed by atoms with Gasteiger partial charge in [-0.2, -0.15) is 0 Å². The van der Waals surface area contributed by atoms with Crippen LogP contribution in [0.5, 0.6) is 0 Å². The summed E-state index contributed by atoms with van der Waals surface area (Å²) in [6.45, 7) is 5.42. The molecule has 1 aliphatic heterocycles. The fourth-order valence-corrected chi connectivity index (χ4v) is 3.43. The van der Waals surface area contributed by atoms with Crippen molar-refractivity contribution in [2.45, 2.75) is 63.6 Å². The van der Waals surface area contributed by atoms with Crippen molar-refractivity contribution in [3.05, 3.63) is 0 Å². The molecule has 1 saturated heterocycles. The zero-order valence-corrected chi connectivity index (χ0v) is 11.5. The van der Waals surface area contributed by atoms with E-state index < -0.39 is 0 Å². The molecule has 0 radical (unpaired) electrons. The molecule has 100 valence electrons. The molecular weight excluding hydrogens is 212 g/mol. The lowest BCUT2D eigenvalue weighted by Gasteiger charge is -2.41. The van der Waals surface area contributed by atoms with Crippen LogP contribution in [0.1, 0.15) is 45.4 Å². The third-order valence-electron chi connectivity index (χ3n) is 4.38. The van der Waals surface area contributed by atoms with E-state index in [2.05, 4.69) is 24.2 Å². The first-order chi connectivity index (χ1) is 8.33. The molecule has 2 fully saturated rings. The number of nitrogens with zero attached hydrogens (tertiary/aromatic N) is 1. The van der Waals surface area contributed by atoms with Crippen molar-refractivity contribution in [2.75, 3.05) is 26.7 Å². The van der Waals surface area contributed by atoms with Crippen LogP contribution in [0.15, 0.2) is 0 Å². The number of rotatable bonds is 4. The second kappa shape index (κ2) is 6.72. The SMILES string of the molecule is CCOC1CCCN(C2CCCC(NC)C2)C1. The largest absolute Gasteiger partial charge is 0.377 e. The van der Waals surface area contributed by atoms with Gasteiger partial charge in [0.05, 0.1) is 6.10 Å². The molecule has 3 heteroatoms. The van der Waals surface area contributed by atoms with E-state index in [0.29, 0.717) is 6.10 Å². The highest BCUT2D eigenvalue weighted by molar-refractivity contribution is 4.86. The summed E-state index contributed by atoms with van der Waals surface area (Å²) in [7, 11) is 2.10. The topological polar surface area (TPSA) is 24.5 Å². The number of nitrogens with one attached hydrogen (secondary N) is 1. The first-order valence-electron chi connectivity index (χ1n) is 7.36. The molecule has 0 spiro atoms. The van der Waals surface area contributed by atoms with Gasteiger partial charge in [0.25, 0.3) is 0 Å². The van der Waals surface area contributed by atoms with Crippen LogP contribution in [-0.4, -0.2) is 49.8 Å². The van der Waals surface area contributed by atoms with Crippen LogP contribution < -0.4 is 5.32 Å². The van der Waals surface area contributed by atoms with Gasteiger partial charge in [0.15, 0.2) is 0 Å². The number of hydrogen-bond donors (Lipinski definition) is 1. The van der Waals surface area contributed by atoms with E-state index in [-0.39, 0.29) is 0 Å². The van der Waals surface area contributed by atoms with Gasteiger partial charge in [0.2, 0.25) is 0 Å². The van der Waals surface area contributed by atoms with Gasteiger partial charge < -0.3 is 10.1 Å². The molecule has 1 aliphatic carbocycles. The maximum Gasteiger partial charge on any atom is 0.0702 e. The van der Waals surface area contributed by atoms with Crippen LogP contribution in [0.2, 0.25) is 0 Å². The van der Waals surface area contributed by atoms with Crippen LogP contribution in [-0.2, 0) is 4.74 Å². The van der Waals surface area contributed by atoms with Gasteiger partial charge in [-0.1, -0.05) is 6.42 Å². The van der Waals surface area contributed by atoms with Gasteiger partial charge in [-0.3, -0.25) is 4.90 Å². The van der Waals surface area contributed by atoms with E-state index in [1.807, 2.05) is 0 Å². The Morgan fingerprint density at radius 1 is 1.24 bits per heavy atom. The summed E-state index contributed by atoms with van der Waals surface area (Å²) < 4.78 is 5.80. The minimum Gasteiger partial charge on any atom is -0.377 e. The van der Waals surface area contributed by atoms with Gasteiger partial charge in [-0.15, -0.1) is 0 Å². The highest BCUT2D eigenvalue weighted by atomic mass is 16.5. The minimum atomic E-state index is 0.490. The first kappa shape index (κ1) is 13.3. The molecule has 0 aromatic heterocycles. The Kier molecular flexibility index (Phi) is 5.26. The maximum absolute atomic E-state index is 5.80. The number of ether oxygens (including phenoxy) is 1. The Hall–Kier alpha value is -0.120. The van der Waals surface area contributed by atoms with Gasteiger partial charge in [0, 0.05) is 25.2 Å². The monoisotopic (exact) mass is 240 g/mol. The fourth-order valence-electron chi connectivity index (χ4n) is 3.43. The fraction of sp³-hybridized carbons (Fsp3) is 1.00. The van der Waals surface area contributed by atoms with E-state index in [1.54, 1.807) is 0 Å². The van der Waals surface area contributed by atoms with Crippen molar-refractivity contribution in [2.24, 2.45) is 0 Å². The molecule has 0 aromatic rings. The zero-order chi connectivity index (χ0) is 12.1. The smallest absolute Gasteiger partial charge is 0.0702 e. The number of hydrogen-bond acceptors (Lipinski definition) is 3. The summed E-state index contributed by atoms with van der Waals surface area (Å²) in [4.78, 5) is 2.69. The molecular formula is C14H28N2O. The minimum absolute atomic E-state index is 0.490. The summed E-state index contributed by atoms with van der Waals surface area (Å²) in [5.41, 5.74) is 0. The normalized spacial score (nSPS) is 36.0. The molecule has 1 heterocycles. The molecule has 0 bridgehead atoms. The standard InChI is InChI=1S/C14H28N2O/c1-3-17-14-8-5-9-16(11-14)13-7-4-6-12(10-13)15-2/h12-15H,3-11H2,1-2H3. The lowest BCUT2D eigenvalue weighted by Crippen LogP contribution is -2.49. The molecule has 17 heavy (non-hydrogen) atoms. The zero-order valence-electron chi connectivity index (χ0n) is 11.5. The number of likely N-dealkylation sites (tertiary alicyclic amines) is 1. The lowest BCUT2D eigenvalue weighted by atomic mass is 9.89. The summed E-state index contributed by atoms with van der Waals surface area (Å²) in [5.74, 6) is 0. The van der Waals surface area contributed by atoms with Crippen LogP contribution in [0.3, 0.4) is 0 Å². The first-order valence-corrected chi connectivity index (χ1v) is 7.36. The molecule has 3 atom stereocenters. The van der Waals surface area contributed by atoms with Gasteiger partial charge >= 0.3 is 0 Å². The molecule has 0 amide bonds. The van der Waals surface area contributed by atoms with Crippen LogP contribution >= 0.6 is 0 Å². The quantitative estimate of drug-likeness (QED) is 0.813. The van der Waals surface area contributed by atoms with Crippen LogP contribution in [0.4, 0.5) is 0 Å². The molecule has 3 nitrogen and oxygen atoms in total. The Morgan fingerprint density at radius 3 is 2.88 bits per heavy atom. The summed E-state index contributed by atoms with van der Waals surface area (Å²) in [5, 5.41) is 3.45. The van der Waals surface area contributed by atoms with Crippen molar-refractivity contribution in [3.63, 3.8) is 0 Å². The Morgan fingerprint density at radius 2 is 2.12 bits per heavy atom. The average molecular weight is 240 g/mol. The number of piperidine rings is 1.